The first-order valence-electron chi connectivity index (χ1n) is 13.6. The third-order valence-electron chi connectivity index (χ3n) is 6.08. The lowest BCUT2D eigenvalue weighted by Crippen LogP contribution is -2.21. The van der Waals surface area contributed by atoms with E-state index in [9.17, 15) is 5.11 Å². The molecule has 0 bridgehead atoms. The van der Waals surface area contributed by atoms with E-state index in [1.165, 1.54) is 83.5 Å². The fourth-order valence-electron chi connectivity index (χ4n) is 3.95. The molecule has 1 aromatic heterocycles. The SMILES string of the molecule is CCCCCCCCCCCCCCCc1nnc(-c2ccc(OCCOCC(O)CO)cc2)s1. The van der Waals surface area contributed by atoms with Crippen molar-refractivity contribution in [1.82, 2.24) is 10.2 Å². The molecule has 1 unspecified atom stereocenters. The first-order chi connectivity index (χ1) is 17.2. The molecule has 0 aliphatic carbocycles. The quantitative estimate of drug-likeness (QED) is 0.175. The van der Waals surface area contributed by atoms with Crippen molar-refractivity contribution < 1.29 is 19.7 Å². The van der Waals surface area contributed by atoms with Gasteiger partial charge in [0.05, 0.1) is 19.8 Å². The van der Waals surface area contributed by atoms with E-state index < -0.39 is 6.10 Å². The molecule has 2 rings (SSSR count). The fourth-order valence-corrected chi connectivity index (χ4v) is 4.84. The van der Waals surface area contributed by atoms with Gasteiger partial charge < -0.3 is 19.7 Å². The van der Waals surface area contributed by atoms with Crippen LogP contribution < -0.4 is 4.74 Å². The van der Waals surface area contributed by atoms with E-state index in [-0.39, 0.29) is 13.2 Å². The fraction of sp³-hybridized carbons (Fsp3) is 0.714. The maximum atomic E-state index is 9.23. The van der Waals surface area contributed by atoms with Gasteiger partial charge in [0.25, 0.3) is 0 Å². The predicted molar refractivity (Wildman–Crippen MR) is 144 cm³/mol. The van der Waals surface area contributed by atoms with Crippen molar-refractivity contribution in [3.8, 4) is 16.3 Å². The Bertz CT molecular complexity index is 754. The van der Waals surface area contributed by atoms with E-state index in [1.54, 1.807) is 11.3 Å². The molecule has 2 aromatic rings. The number of aliphatic hydroxyl groups excluding tert-OH is 2. The van der Waals surface area contributed by atoms with Crippen molar-refractivity contribution in [2.75, 3.05) is 26.4 Å². The highest BCUT2D eigenvalue weighted by Crippen LogP contribution is 2.26. The third kappa shape index (κ3) is 14.0. The third-order valence-corrected chi connectivity index (χ3v) is 7.11. The predicted octanol–water partition coefficient (Wildman–Crippen LogP) is 6.59. The van der Waals surface area contributed by atoms with Crippen LogP contribution in [0.1, 0.15) is 95.4 Å². The van der Waals surface area contributed by atoms with E-state index in [2.05, 4.69) is 17.1 Å². The second kappa shape index (κ2) is 19.6. The van der Waals surface area contributed by atoms with E-state index in [0.717, 1.165) is 27.7 Å². The number of hydrogen-bond acceptors (Lipinski definition) is 7. The number of aryl methyl sites for hydroxylation is 1. The van der Waals surface area contributed by atoms with Gasteiger partial charge in [0.2, 0.25) is 0 Å². The van der Waals surface area contributed by atoms with E-state index in [0.29, 0.717) is 13.2 Å². The van der Waals surface area contributed by atoms with Crippen LogP contribution in [0.3, 0.4) is 0 Å². The van der Waals surface area contributed by atoms with Crippen molar-refractivity contribution in [3.05, 3.63) is 29.3 Å². The van der Waals surface area contributed by atoms with Crippen molar-refractivity contribution in [3.63, 3.8) is 0 Å². The standard InChI is InChI=1S/C28H46N2O4S/c1-2-3-4-5-6-7-8-9-10-11-12-13-14-15-27-29-30-28(35-27)24-16-18-26(19-17-24)34-21-20-33-23-25(32)22-31/h16-19,25,31-32H,2-15,20-23H2,1H3. The molecule has 0 radical (unpaired) electrons. The van der Waals surface area contributed by atoms with E-state index in [1.807, 2.05) is 24.3 Å². The number of aromatic nitrogens is 2. The maximum Gasteiger partial charge on any atom is 0.147 e. The zero-order valence-electron chi connectivity index (χ0n) is 21.6. The Morgan fingerprint density at radius 3 is 2.00 bits per heavy atom. The molecule has 1 atom stereocenters. The summed E-state index contributed by atoms with van der Waals surface area (Å²) in [5.74, 6) is 0.761. The van der Waals surface area contributed by atoms with Crippen LogP contribution in [0.2, 0.25) is 0 Å². The van der Waals surface area contributed by atoms with Crippen LogP contribution in [-0.2, 0) is 11.2 Å². The second-order valence-corrected chi connectivity index (χ2v) is 10.3. The zero-order valence-corrected chi connectivity index (χ0v) is 22.4. The Balaban J connectivity index is 1.51. The average molecular weight is 507 g/mol. The van der Waals surface area contributed by atoms with Crippen LogP contribution in [-0.4, -0.2) is 52.9 Å². The first kappa shape index (κ1) is 29.7. The number of unbranched alkanes of at least 4 members (excludes halogenated alkanes) is 12. The highest BCUT2D eigenvalue weighted by Gasteiger charge is 2.07. The van der Waals surface area contributed by atoms with E-state index in [4.69, 9.17) is 14.6 Å². The van der Waals surface area contributed by atoms with Crippen LogP contribution in [0.15, 0.2) is 24.3 Å². The van der Waals surface area contributed by atoms with Crippen molar-refractivity contribution in [1.29, 1.82) is 0 Å². The molecule has 0 spiro atoms. The molecule has 198 valence electrons. The second-order valence-electron chi connectivity index (χ2n) is 9.28. The molecule has 6 nitrogen and oxygen atoms in total. The summed E-state index contributed by atoms with van der Waals surface area (Å²) in [4.78, 5) is 0. The van der Waals surface area contributed by atoms with Gasteiger partial charge in [0.15, 0.2) is 0 Å². The maximum absolute atomic E-state index is 9.23. The van der Waals surface area contributed by atoms with Crippen molar-refractivity contribution in [2.45, 2.75) is 103 Å². The number of ether oxygens (including phenoxy) is 2. The van der Waals surface area contributed by atoms with Gasteiger partial charge in [0, 0.05) is 12.0 Å². The van der Waals surface area contributed by atoms with E-state index >= 15 is 0 Å². The largest absolute Gasteiger partial charge is 0.491 e. The molecule has 35 heavy (non-hydrogen) atoms. The number of rotatable bonds is 22. The molecule has 7 heteroatoms. The highest BCUT2D eigenvalue weighted by molar-refractivity contribution is 7.14. The van der Waals surface area contributed by atoms with Crippen molar-refractivity contribution in [2.24, 2.45) is 0 Å². The Hall–Kier alpha value is -1.54. The average Bonchev–Trinajstić information content (AvgIpc) is 3.35. The first-order valence-corrected chi connectivity index (χ1v) is 14.5. The molecule has 0 amide bonds. The molecule has 0 saturated carbocycles. The minimum atomic E-state index is -0.837. The monoisotopic (exact) mass is 506 g/mol. The number of benzene rings is 1. The molecule has 2 N–H and O–H groups in total. The molecule has 0 aliphatic rings. The van der Waals surface area contributed by atoms with Gasteiger partial charge >= 0.3 is 0 Å². The lowest BCUT2D eigenvalue weighted by atomic mass is 10.0. The van der Waals surface area contributed by atoms with Crippen molar-refractivity contribution >= 4 is 11.3 Å². The number of hydrogen-bond donors (Lipinski definition) is 2. The van der Waals surface area contributed by atoms with Crippen LogP contribution in [0.25, 0.3) is 10.6 Å². The van der Waals surface area contributed by atoms with Gasteiger partial charge in [-0.15, -0.1) is 10.2 Å². The molecular formula is C28H46N2O4S. The number of nitrogens with zero attached hydrogens (tertiary/aromatic N) is 2. The smallest absolute Gasteiger partial charge is 0.147 e. The van der Waals surface area contributed by atoms with Crippen LogP contribution in [0.5, 0.6) is 5.75 Å². The summed E-state index contributed by atoms with van der Waals surface area (Å²) in [6.45, 7) is 2.84. The van der Waals surface area contributed by atoms with Gasteiger partial charge in [-0.25, -0.2) is 0 Å². The van der Waals surface area contributed by atoms with Crippen LogP contribution in [0.4, 0.5) is 0 Å². The van der Waals surface area contributed by atoms with Crippen LogP contribution >= 0.6 is 11.3 Å². The minimum Gasteiger partial charge on any atom is -0.491 e. The van der Waals surface area contributed by atoms with Gasteiger partial charge in [-0.2, -0.15) is 0 Å². The Labute approximate surface area is 216 Å². The molecule has 1 aromatic carbocycles. The molecule has 0 saturated heterocycles. The topological polar surface area (TPSA) is 84.7 Å². The summed E-state index contributed by atoms with van der Waals surface area (Å²) in [5.41, 5.74) is 1.05. The summed E-state index contributed by atoms with van der Waals surface area (Å²) in [6, 6.07) is 7.85. The summed E-state index contributed by atoms with van der Waals surface area (Å²) < 4.78 is 10.9. The number of aliphatic hydroxyl groups is 2. The van der Waals surface area contributed by atoms with Gasteiger partial charge in [-0.05, 0) is 30.7 Å². The summed E-state index contributed by atoms with van der Waals surface area (Å²) >= 11 is 1.68. The van der Waals surface area contributed by atoms with Gasteiger partial charge in [-0.3, -0.25) is 0 Å². The van der Waals surface area contributed by atoms with Crippen LogP contribution in [0, 0.1) is 0 Å². The normalized spacial score (nSPS) is 12.2. The Morgan fingerprint density at radius 2 is 1.40 bits per heavy atom. The zero-order chi connectivity index (χ0) is 25.0. The Kier molecular flexibility index (Phi) is 16.6. The molecule has 0 aliphatic heterocycles. The summed E-state index contributed by atoms with van der Waals surface area (Å²) in [7, 11) is 0. The minimum absolute atomic E-state index is 0.109. The molecular weight excluding hydrogens is 460 g/mol. The highest BCUT2D eigenvalue weighted by atomic mass is 32.1. The molecule has 0 fully saturated rings. The van der Waals surface area contributed by atoms with Gasteiger partial charge in [0.1, 0.15) is 28.5 Å². The summed E-state index contributed by atoms with van der Waals surface area (Å²) in [5, 5.41) is 28.8. The lowest BCUT2D eigenvalue weighted by Gasteiger charge is -2.09. The Morgan fingerprint density at radius 1 is 0.800 bits per heavy atom. The van der Waals surface area contributed by atoms with Gasteiger partial charge in [-0.1, -0.05) is 95.3 Å². The molecule has 1 heterocycles. The summed E-state index contributed by atoms with van der Waals surface area (Å²) in [6.07, 6.45) is 18.0. The lowest BCUT2D eigenvalue weighted by molar-refractivity contribution is -0.00138.